The minimum absolute atomic E-state index is 0.0335. The number of carbonyl (C=O) groups is 1. The van der Waals surface area contributed by atoms with E-state index in [-0.39, 0.29) is 5.78 Å². The summed E-state index contributed by atoms with van der Waals surface area (Å²) >= 11 is 1.41. The fourth-order valence-corrected chi connectivity index (χ4v) is 2.11. The third kappa shape index (κ3) is 2.12. The lowest BCUT2D eigenvalue weighted by Gasteiger charge is -2.05. The Morgan fingerprint density at radius 2 is 1.94 bits per heavy atom. The Labute approximate surface area is 98.4 Å². The van der Waals surface area contributed by atoms with Gasteiger partial charge in [-0.2, -0.15) is 0 Å². The van der Waals surface area contributed by atoms with Gasteiger partial charge >= 0.3 is 0 Å². The van der Waals surface area contributed by atoms with Gasteiger partial charge in [-0.1, -0.05) is 41.7 Å². The van der Waals surface area contributed by atoms with Crippen LogP contribution in [0, 0.1) is 0 Å². The molecule has 0 N–H and O–H groups in total. The highest BCUT2D eigenvalue weighted by atomic mass is 32.1. The van der Waals surface area contributed by atoms with E-state index in [1.54, 1.807) is 6.20 Å². The van der Waals surface area contributed by atoms with E-state index < -0.39 is 0 Å². The largest absolute Gasteiger partial charge is 0.354 e. The van der Waals surface area contributed by atoms with E-state index in [4.69, 9.17) is 0 Å². The molecule has 2 aromatic rings. The molecule has 0 spiro atoms. The van der Waals surface area contributed by atoms with E-state index in [2.05, 4.69) is 4.98 Å². The van der Waals surface area contributed by atoms with Crippen molar-refractivity contribution >= 4 is 22.3 Å². The van der Waals surface area contributed by atoms with Gasteiger partial charge in [0.25, 0.3) is 0 Å². The third-order valence-electron chi connectivity index (χ3n) is 2.14. The van der Waals surface area contributed by atoms with Crippen molar-refractivity contribution in [3.8, 4) is 0 Å². The number of ketones is 1. The van der Waals surface area contributed by atoms with E-state index in [0.717, 1.165) is 5.13 Å². The summed E-state index contributed by atoms with van der Waals surface area (Å²) in [7, 11) is 3.82. The van der Waals surface area contributed by atoms with Gasteiger partial charge in [0, 0.05) is 19.7 Å². The van der Waals surface area contributed by atoms with Crippen molar-refractivity contribution in [1.82, 2.24) is 4.98 Å². The summed E-state index contributed by atoms with van der Waals surface area (Å²) in [6.07, 6.45) is 1.63. The lowest BCUT2D eigenvalue weighted by Crippen LogP contribution is -2.07. The Balaban J connectivity index is 2.28. The number of nitrogens with zero attached hydrogens (tertiary/aromatic N) is 2. The Hall–Kier alpha value is -1.68. The first-order valence-corrected chi connectivity index (χ1v) is 5.73. The molecule has 1 aromatic carbocycles. The number of rotatable bonds is 3. The molecule has 2 rings (SSSR count). The highest BCUT2D eigenvalue weighted by molar-refractivity contribution is 7.17. The first-order chi connectivity index (χ1) is 7.68. The van der Waals surface area contributed by atoms with Gasteiger partial charge in [0.15, 0.2) is 5.13 Å². The number of thiazole rings is 1. The maximum atomic E-state index is 12.0. The molecule has 0 saturated heterocycles. The molecule has 0 radical (unpaired) electrons. The van der Waals surface area contributed by atoms with Gasteiger partial charge < -0.3 is 4.90 Å². The Kier molecular flexibility index (Phi) is 3.01. The Morgan fingerprint density at radius 1 is 1.25 bits per heavy atom. The second kappa shape index (κ2) is 4.45. The number of hydrogen-bond donors (Lipinski definition) is 0. The summed E-state index contributed by atoms with van der Waals surface area (Å²) in [5.41, 5.74) is 0.705. The molecule has 16 heavy (non-hydrogen) atoms. The van der Waals surface area contributed by atoms with Crippen molar-refractivity contribution in [1.29, 1.82) is 0 Å². The van der Waals surface area contributed by atoms with Gasteiger partial charge in [-0.15, -0.1) is 0 Å². The van der Waals surface area contributed by atoms with Gasteiger partial charge in [-0.05, 0) is 0 Å². The van der Waals surface area contributed by atoms with Crippen molar-refractivity contribution in [3.63, 3.8) is 0 Å². The molecule has 0 amide bonds. The topological polar surface area (TPSA) is 33.2 Å². The fourth-order valence-electron chi connectivity index (χ4n) is 1.31. The molecule has 0 aliphatic carbocycles. The molecular weight excluding hydrogens is 220 g/mol. The summed E-state index contributed by atoms with van der Waals surface area (Å²) in [6, 6.07) is 9.26. The lowest BCUT2D eigenvalue weighted by molar-refractivity contribution is 0.104. The first-order valence-electron chi connectivity index (χ1n) is 4.91. The SMILES string of the molecule is CN(C)c1ncc(C(=O)c2ccccc2)s1. The molecule has 3 nitrogen and oxygen atoms in total. The minimum Gasteiger partial charge on any atom is -0.354 e. The monoisotopic (exact) mass is 232 g/mol. The predicted octanol–water partition coefficient (Wildman–Crippen LogP) is 2.44. The molecule has 4 heteroatoms. The number of benzene rings is 1. The van der Waals surface area contributed by atoms with Gasteiger partial charge in [0.05, 0.1) is 11.1 Å². The second-order valence-electron chi connectivity index (χ2n) is 3.60. The van der Waals surface area contributed by atoms with Gasteiger partial charge in [-0.3, -0.25) is 4.79 Å². The summed E-state index contributed by atoms with van der Waals surface area (Å²) < 4.78 is 0. The van der Waals surface area contributed by atoms with Crippen LogP contribution in [0.3, 0.4) is 0 Å². The molecular formula is C12H12N2OS. The highest BCUT2D eigenvalue weighted by Crippen LogP contribution is 2.22. The smallest absolute Gasteiger partial charge is 0.204 e. The van der Waals surface area contributed by atoms with Crippen LogP contribution >= 0.6 is 11.3 Å². The molecule has 0 fully saturated rings. The number of aromatic nitrogens is 1. The lowest BCUT2D eigenvalue weighted by atomic mass is 10.1. The van der Waals surface area contributed by atoms with Crippen LogP contribution in [0.15, 0.2) is 36.5 Å². The predicted molar refractivity (Wildman–Crippen MR) is 66.3 cm³/mol. The maximum absolute atomic E-state index is 12.0. The molecule has 82 valence electrons. The Morgan fingerprint density at radius 3 is 2.50 bits per heavy atom. The van der Waals surface area contributed by atoms with Crippen molar-refractivity contribution in [2.45, 2.75) is 0 Å². The molecule has 0 unspecified atom stereocenters. The van der Waals surface area contributed by atoms with E-state index in [1.807, 2.05) is 49.3 Å². The van der Waals surface area contributed by atoms with Crippen LogP contribution < -0.4 is 4.90 Å². The zero-order valence-electron chi connectivity index (χ0n) is 9.18. The van der Waals surface area contributed by atoms with Gasteiger partial charge in [0.1, 0.15) is 0 Å². The van der Waals surface area contributed by atoms with Gasteiger partial charge in [0.2, 0.25) is 5.78 Å². The summed E-state index contributed by atoms with van der Waals surface area (Å²) in [6.45, 7) is 0. The van der Waals surface area contributed by atoms with Crippen molar-refractivity contribution in [2.75, 3.05) is 19.0 Å². The van der Waals surface area contributed by atoms with Crippen molar-refractivity contribution in [2.24, 2.45) is 0 Å². The van der Waals surface area contributed by atoms with Gasteiger partial charge in [-0.25, -0.2) is 4.98 Å². The summed E-state index contributed by atoms with van der Waals surface area (Å²) in [5.74, 6) is 0.0335. The van der Waals surface area contributed by atoms with Crippen LogP contribution in [0.1, 0.15) is 15.2 Å². The minimum atomic E-state index is 0.0335. The number of anilines is 1. The van der Waals surface area contributed by atoms with Crippen LogP contribution in [0.25, 0.3) is 0 Å². The zero-order chi connectivity index (χ0) is 11.5. The van der Waals surface area contributed by atoms with Crippen LogP contribution in [0.4, 0.5) is 5.13 Å². The average Bonchev–Trinajstić information content (AvgIpc) is 2.78. The molecule has 0 aliphatic rings. The summed E-state index contributed by atoms with van der Waals surface area (Å²) in [5, 5.41) is 0.847. The molecule has 0 atom stereocenters. The number of hydrogen-bond acceptors (Lipinski definition) is 4. The van der Waals surface area contributed by atoms with E-state index >= 15 is 0 Å². The molecule has 1 heterocycles. The molecule has 1 aromatic heterocycles. The molecule has 0 saturated carbocycles. The standard InChI is InChI=1S/C12H12N2OS/c1-14(2)12-13-8-10(16-12)11(15)9-6-4-3-5-7-9/h3-8H,1-2H3. The molecule has 0 aliphatic heterocycles. The number of carbonyl (C=O) groups excluding carboxylic acids is 1. The third-order valence-corrected chi connectivity index (χ3v) is 3.30. The maximum Gasteiger partial charge on any atom is 0.204 e. The first kappa shape index (κ1) is 10.8. The second-order valence-corrected chi connectivity index (χ2v) is 4.61. The van der Waals surface area contributed by atoms with E-state index in [9.17, 15) is 4.79 Å². The normalized spacial score (nSPS) is 10.1. The van der Waals surface area contributed by atoms with E-state index in [0.29, 0.717) is 10.4 Å². The fraction of sp³-hybridized carbons (Fsp3) is 0.167. The average molecular weight is 232 g/mol. The Bertz CT molecular complexity index is 491. The molecule has 0 bridgehead atoms. The zero-order valence-corrected chi connectivity index (χ0v) is 9.99. The highest BCUT2D eigenvalue weighted by Gasteiger charge is 2.12. The van der Waals surface area contributed by atoms with Crippen LogP contribution in [-0.4, -0.2) is 24.9 Å². The van der Waals surface area contributed by atoms with Crippen LogP contribution in [-0.2, 0) is 0 Å². The van der Waals surface area contributed by atoms with Crippen molar-refractivity contribution in [3.05, 3.63) is 47.0 Å². The van der Waals surface area contributed by atoms with E-state index in [1.165, 1.54) is 11.3 Å². The summed E-state index contributed by atoms with van der Waals surface area (Å²) in [4.78, 5) is 18.8. The van der Waals surface area contributed by atoms with Crippen LogP contribution in [0.5, 0.6) is 0 Å². The quantitative estimate of drug-likeness (QED) is 0.762. The van der Waals surface area contributed by atoms with Crippen molar-refractivity contribution < 1.29 is 4.79 Å². The van der Waals surface area contributed by atoms with Crippen LogP contribution in [0.2, 0.25) is 0 Å².